The molecular weight excluding hydrogens is 725 g/mol. The van der Waals surface area contributed by atoms with Crippen molar-refractivity contribution in [2.45, 2.75) is 13.1 Å². The Morgan fingerprint density at radius 1 is 0.414 bits per heavy atom. The number of para-hydroxylation sites is 6. The van der Waals surface area contributed by atoms with Crippen molar-refractivity contribution < 1.29 is 4.74 Å². The molecule has 11 rings (SSSR count). The molecule has 0 aliphatic carbocycles. The van der Waals surface area contributed by atoms with Gasteiger partial charge in [-0.05, 0) is 94.3 Å². The predicted molar refractivity (Wildman–Crippen MR) is 242 cm³/mol. The number of benzene rings is 8. The summed E-state index contributed by atoms with van der Waals surface area (Å²) < 4.78 is 6.26. The fourth-order valence-electron chi connectivity index (χ4n) is 8.75. The van der Waals surface area contributed by atoms with Crippen molar-refractivity contribution in [3.8, 4) is 45.3 Å². The van der Waals surface area contributed by atoms with E-state index in [2.05, 4.69) is 175 Å². The molecule has 3 heterocycles. The molecule has 0 saturated heterocycles. The Labute approximate surface area is 339 Å². The third kappa shape index (κ3) is 5.52. The highest BCUT2D eigenvalue weighted by atomic mass is 28.3. The van der Waals surface area contributed by atoms with Crippen LogP contribution in [0.5, 0.6) is 11.5 Å². The molecule has 0 amide bonds. The summed E-state index contributed by atoms with van der Waals surface area (Å²) in [6.45, 7) is 4.92. The first-order valence-corrected chi connectivity index (χ1v) is 22.7. The number of hydrogen-bond donors (Lipinski definition) is 0. The van der Waals surface area contributed by atoms with E-state index in [4.69, 9.17) is 14.7 Å². The van der Waals surface area contributed by atoms with Gasteiger partial charge in [0.2, 0.25) is 0 Å². The molecule has 0 fully saturated rings. The van der Waals surface area contributed by atoms with E-state index in [0.29, 0.717) is 5.82 Å². The minimum absolute atomic E-state index is 0.704. The van der Waals surface area contributed by atoms with Gasteiger partial charge >= 0.3 is 0 Å². The molecule has 5 nitrogen and oxygen atoms in total. The number of nitrogens with zero attached hydrogens (tertiary/aromatic N) is 4. The van der Waals surface area contributed by atoms with Crippen molar-refractivity contribution in [3.63, 3.8) is 0 Å². The van der Waals surface area contributed by atoms with Crippen LogP contribution in [0.3, 0.4) is 0 Å². The number of aromatic nitrogens is 2. The minimum Gasteiger partial charge on any atom is -0.453 e. The van der Waals surface area contributed by atoms with Gasteiger partial charge in [0.15, 0.2) is 17.3 Å². The first kappa shape index (κ1) is 34.0. The van der Waals surface area contributed by atoms with Gasteiger partial charge in [-0.1, -0.05) is 134 Å². The summed E-state index contributed by atoms with van der Waals surface area (Å²) in [5.41, 5.74) is 12.8. The quantitative estimate of drug-likeness (QED) is 0.163. The lowest BCUT2D eigenvalue weighted by atomic mass is 9.99. The van der Waals surface area contributed by atoms with Gasteiger partial charge in [0, 0.05) is 39.3 Å². The molecule has 2 aliphatic rings. The molecule has 1 aromatic heterocycles. The molecule has 0 spiro atoms. The van der Waals surface area contributed by atoms with Crippen molar-refractivity contribution in [2.24, 2.45) is 0 Å². The van der Waals surface area contributed by atoms with Crippen LogP contribution >= 0.6 is 0 Å². The summed E-state index contributed by atoms with van der Waals surface area (Å²) in [6, 6.07) is 68.7. The number of hydrogen-bond acceptors (Lipinski definition) is 5. The Morgan fingerprint density at radius 2 is 0.897 bits per heavy atom. The average Bonchev–Trinajstić information content (AvgIpc) is 3.28. The van der Waals surface area contributed by atoms with E-state index >= 15 is 0 Å². The second-order valence-corrected chi connectivity index (χ2v) is 19.8. The molecule has 0 bridgehead atoms. The van der Waals surface area contributed by atoms with Crippen LogP contribution in [0.2, 0.25) is 13.1 Å². The number of fused-ring (bicyclic) bond motifs is 5. The summed E-state index contributed by atoms with van der Waals surface area (Å²) in [5.74, 6) is 2.38. The zero-order valence-corrected chi connectivity index (χ0v) is 33.2. The first-order chi connectivity index (χ1) is 28.5. The van der Waals surface area contributed by atoms with Crippen LogP contribution in [0, 0.1) is 0 Å². The van der Waals surface area contributed by atoms with Crippen LogP contribution in [0.4, 0.5) is 34.1 Å². The number of rotatable bonds is 5. The fraction of sp³-hybridized carbons (Fsp3) is 0.0385. The Kier molecular flexibility index (Phi) is 7.88. The Balaban J connectivity index is 0.984. The molecule has 9 aromatic rings. The second-order valence-electron chi connectivity index (χ2n) is 15.5. The summed E-state index contributed by atoms with van der Waals surface area (Å²) in [4.78, 5) is 15.1. The van der Waals surface area contributed by atoms with Gasteiger partial charge < -0.3 is 14.5 Å². The maximum absolute atomic E-state index is 6.26. The molecule has 0 saturated carbocycles. The lowest BCUT2D eigenvalue weighted by Gasteiger charge is -2.41. The molecule has 58 heavy (non-hydrogen) atoms. The molecule has 2 aliphatic heterocycles. The highest BCUT2D eigenvalue weighted by molar-refractivity contribution is 7.02. The SMILES string of the molecule is C[Si]1(C)c2ccccc2N(c2ccc(-c3nc(-c4ccccc4)nc4cc(-c5ccc(N6c7ccccc7Oc7ccccc76)cc5)ccc34)cc2)c2ccccc21. The average molecular weight is 763 g/mol. The van der Waals surface area contributed by atoms with Gasteiger partial charge in [0.25, 0.3) is 0 Å². The first-order valence-electron chi connectivity index (χ1n) is 19.7. The zero-order valence-electron chi connectivity index (χ0n) is 32.2. The van der Waals surface area contributed by atoms with E-state index in [0.717, 1.165) is 73.1 Å². The number of anilines is 6. The van der Waals surface area contributed by atoms with Gasteiger partial charge in [-0.25, -0.2) is 9.97 Å². The molecule has 276 valence electrons. The minimum atomic E-state index is -1.87. The van der Waals surface area contributed by atoms with Crippen molar-refractivity contribution >= 4 is 63.5 Å². The molecule has 6 heteroatoms. The lowest BCUT2D eigenvalue weighted by molar-refractivity contribution is 0.477. The normalized spacial score (nSPS) is 13.6. The second kappa shape index (κ2) is 13.4. The monoisotopic (exact) mass is 762 g/mol. The molecule has 0 radical (unpaired) electrons. The summed E-state index contributed by atoms with van der Waals surface area (Å²) in [5, 5.41) is 3.92. The molecule has 0 unspecified atom stereocenters. The smallest absolute Gasteiger partial charge is 0.160 e. The van der Waals surface area contributed by atoms with Crippen molar-refractivity contribution in [1.29, 1.82) is 0 Å². The highest BCUT2D eigenvalue weighted by Crippen LogP contribution is 2.50. The van der Waals surface area contributed by atoms with Gasteiger partial charge in [-0.2, -0.15) is 0 Å². The summed E-state index contributed by atoms with van der Waals surface area (Å²) >= 11 is 0. The molecule has 0 N–H and O–H groups in total. The van der Waals surface area contributed by atoms with Crippen molar-refractivity contribution in [1.82, 2.24) is 9.97 Å². The standard InChI is InChI=1S/C52H38N4OSi/c1-58(2)49-22-12-8-18-45(49)56(46-19-9-13-23-50(46)58)40-31-26-36(27-32-40)51-41-33-28-38(34-42(41)53-52(54-51)37-14-4-3-5-15-37)35-24-29-39(30-25-35)55-43-16-6-10-20-47(43)57-48-21-11-7-17-44(48)55/h3-34H,1-2H3. The maximum atomic E-state index is 6.26. The fourth-order valence-corrected chi connectivity index (χ4v) is 11.7. The van der Waals surface area contributed by atoms with Crippen LogP contribution in [0.25, 0.3) is 44.7 Å². The van der Waals surface area contributed by atoms with E-state index in [-0.39, 0.29) is 0 Å². The van der Waals surface area contributed by atoms with E-state index in [9.17, 15) is 0 Å². The van der Waals surface area contributed by atoms with E-state index < -0.39 is 8.07 Å². The van der Waals surface area contributed by atoms with Gasteiger partial charge in [-0.15, -0.1) is 0 Å². The Morgan fingerprint density at radius 3 is 1.50 bits per heavy atom. The largest absolute Gasteiger partial charge is 0.453 e. The van der Waals surface area contributed by atoms with Crippen LogP contribution in [-0.2, 0) is 0 Å². The van der Waals surface area contributed by atoms with Crippen LogP contribution < -0.4 is 24.9 Å². The van der Waals surface area contributed by atoms with Crippen LogP contribution in [-0.4, -0.2) is 18.0 Å². The van der Waals surface area contributed by atoms with Gasteiger partial charge in [0.05, 0.1) is 22.6 Å². The predicted octanol–water partition coefficient (Wildman–Crippen LogP) is 12.8. The molecular formula is C52H38N4OSi. The third-order valence-electron chi connectivity index (χ3n) is 11.7. The summed E-state index contributed by atoms with van der Waals surface area (Å²) in [7, 11) is -1.87. The van der Waals surface area contributed by atoms with Crippen LogP contribution in [0.1, 0.15) is 0 Å². The van der Waals surface area contributed by atoms with Crippen LogP contribution in [0.15, 0.2) is 194 Å². The summed E-state index contributed by atoms with van der Waals surface area (Å²) in [6.07, 6.45) is 0. The van der Waals surface area contributed by atoms with E-state index in [1.807, 2.05) is 42.5 Å². The third-order valence-corrected chi connectivity index (χ3v) is 15.2. The molecule has 8 aromatic carbocycles. The van der Waals surface area contributed by atoms with Crippen molar-refractivity contribution in [2.75, 3.05) is 9.80 Å². The van der Waals surface area contributed by atoms with Gasteiger partial charge in [-0.3, -0.25) is 0 Å². The van der Waals surface area contributed by atoms with Crippen molar-refractivity contribution in [3.05, 3.63) is 194 Å². The lowest BCUT2D eigenvalue weighted by Crippen LogP contribution is -2.58. The van der Waals surface area contributed by atoms with E-state index in [1.54, 1.807) is 0 Å². The van der Waals surface area contributed by atoms with E-state index in [1.165, 1.54) is 21.7 Å². The zero-order chi connectivity index (χ0) is 38.8. The highest BCUT2D eigenvalue weighted by Gasteiger charge is 2.38. The Hall–Kier alpha value is -7.28. The van der Waals surface area contributed by atoms with Gasteiger partial charge in [0.1, 0.15) is 8.07 Å². The number of ether oxygens (including phenoxy) is 1. The topological polar surface area (TPSA) is 41.5 Å². The molecule has 0 atom stereocenters. The maximum Gasteiger partial charge on any atom is 0.160 e. The Bertz CT molecular complexity index is 2920.